The molecular weight excluding hydrogens is 338 g/mol. The molecule has 0 radical (unpaired) electrons. The summed E-state index contributed by atoms with van der Waals surface area (Å²) >= 11 is 0. The molecule has 0 bridgehead atoms. The molecule has 5 nitrogen and oxygen atoms in total. The molecule has 5 heteroatoms. The normalized spacial score (nSPS) is 18.3. The summed E-state index contributed by atoms with van der Waals surface area (Å²) < 4.78 is 5.47. The van der Waals surface area contributed by atoms with Gasteiger partial charge in [0.05, 0.1) is 0 Å². The van der Waals surface area contributed by atoms with Gasteiger partial charge in [-0.05, 0) is 77.2 Å². The Morgan fingerprint density at radius 3 is 2.67 bits per heavy atom. The fourth-order valence-electron chi connectivity index (χ4n) is 4.08. The van der Waals surface area contributed by atoms with Gasteiger partial charge >= 0.3 is 6.09 Å². The molecule has 1 aromatic heterocycles. The van der Waals surface area contributed by atoms with Crippen LogP contribution in [0.3, 0.4) is 0 Å². The van der Waals surface area contributed by atoms with E-state index in [2.05, 4.69) is 11.2 Å². The second kappa shape index (κ2) is 9.03. The van der Waals surface area contributed by atoms with Gasteiger partial charge in [0.15, 0.2) is 0 Å². The Labute approximate surface area is 163 Å². The van der Waals surface area contributed by atoms with Gasteiger partial charge in [-0.25, -0.2) is 14.8 Å². The summed E-state index contributed by atoms with van der Waals surface area (Å²) in [6, 6.07) is 0. The Hall–Kier alpha value is -1.65. The fourth-order valence-corrected chi connectivity index (χ4v) is 4.08. The molecule has 1 saturated heterocycles. The van der Waals surface area contributed by atoms with E-state index in [1.54, 1.807) is 0 Å². The lowest BCUT2D eigenvalue weighted by atomic mass is 9.91. The monoisotopic (exact) mass is 373 g/mol. The van der Waals surface area contributed by atoms with Crippen LogP contribution in [0.2, 0.25) is 0 Å². The Bertz CT molecular complexity index is 631. The molecule has 2 heterocycles. The first kappa shape index (κ1) is 20.1. The predicted octanol–water partition coefficient (Wildman–Crippen LogP) is 4.72. The minimum Gasteiger partial charge on any atom is -0.444 e. The minimum atomic E-state index is -0.410. The minimum absolute atomic E-state index is 0.162. The first-order chi connectivity index (χ1) is 12.9. The van der Waals surface area contributed by atoms with E-state index in [9.17, 15) is 4.79 Å². The van der Waals surface area contributed by atoms with Crippen LogP contribution in [0.15, 0.2) is 6.20 Å². The van der Waals surface area contributed by atoms with Crippen LogP contribution < -0.4 is 0 Å². The highest BCUT2D eigenvalue weighted by Crippen LogP contribution is 2.24. The number of fused-ring (bicyclic) bond motifs is 1. The number of ether oxygens (including phenoxy) is 1. The van der Waals surface area contributed by atoms with Crippen molar-refractivity contribution in [2.45, 2.75) is 90.6 Å². The lowest BCUT2D eigenvalue weighted by Crippen LogP contribution is -2.41. The molecule has 1 aliphatic heterocycles. The first-order valence-corrected chi connectivity index (χ1v) is 10.7. The van der Waals surface area contributed by atoms with Gasteiger partial charge in [0.25, 0.3) is 0 Å². The molecule has 1 fully saturated rings. The Morgan fingerprint density at radius 1 is 1.19 bits per heavy atom. The number of aromatic nitrogens is 2. The second-order valence-corrected chi connectivity index (χ2v) is 9.12. The molecule has 1 aliphatic carbocycles. The molecule has 0 saturated carbocycles. The fraction of sp³-hybridized carbons (Fsp3) is 0.773. The zero-order valence-electron chi connectivity index (χ0n) is 17.3. The summed E-state index contributed by atoms with van der Waals surface area (Å²) in [7, 11) is 0. The molecule has 1 amide bonds. The van der Waals surface area contributed by atoms with Crippen LogP contribution in [0.25, 0.3) is 0 Å². The van der Waals surface area contributed by atoms with Crippen LogP contribution >= 0.6 is 0 Å². The van der Waals surface area contributed by atoms with Gasteiger partial charge in [-0.1, -0.05) is 12.8 Å². The smallest absolute Gasteiger partial charge is 0.410 e. The topological polar surface area (TPSA) is 55.3 Å². The van der Waals surface area contributed by atoms with Crippen LogP contribution in [0.5, 0.6) is 0 Å². The summed E-state index contributed by atoms with van der Waals surface area (Å²) in [5.41, 5.74) is 2.25. The van der Waals surface area contributed by atoms with E-state index < -0.39 is 5.60 Å². The standard InChI is InChI=1S/C22H35N3O2/c1-22(2,3)27-21(26)25-14-12-17(13-15-25)8-4-7-11-20-23-16-18-9-5-6-10-19(18)24-20/h16-17H,4-15H2,1-3H3. The van der Waals surface area contributed by atoms with E-state index in [0.717, 1.165) is 63.4 Å². The zero-order chi connectivity index (χ0) is 19.3. The highest BCUT2D eigenvalue weighted by molar-refractivity contribution is 5.68. The van der Waals surface area contributed by atoms with Gasteiger partial charge in [-0.3, -0.25) is 0 Å². The SMILES string of the molecule is CC(C)(C)OC(=O)N1CCC(CCCCc2ncc3c(n2)CCCC3)CC1. The average Bonchev–Trinajstić information content (AvgIpc) is 2.64. The summed E-state index contributed by atoms with van der Waals surface area (Å²) in [6.07, 6.45) is 13.5. The van der Waals surface area contributed by atoms with Gasteiger partial charge in [-0.15, -0.1) is 0 Å². The lowest BCUT2D eigenvalue weighted by molar-refractivity contribution is 0.0180. The number of hydrogen-bond acceptors (Lipinski definition) is 4. The van der Waals surface area contributed by atoms with Crippen LogP contribution in [0.4, 0.5) is 4.79 Å². The highest BCUT2D eigenvalue weighted by Gasteiger charge is 2.26. The van der Waals surface area contributed by atoms with Crippen molar-refractivity contribution in [3.8, 4) is 0 Å². The van der Waals surface area contributed by atoms with Crippen molar-refractivity contribution in [1.29, 1.82) is 0 Å². The molecule has 0 aromatic carbocycles. The van der Waals surface area contributed by atoms with Gasteiger partial charge in [0.2, 0.25) is 0 Å². The largest absolute Gasteiger partial charge is 0.444 e. The number of unbranched alkanes of at least 4 members (excludes halogenated alkanes) is 1. The molecule has 2 aliphatic rings. The maximum absolute atomic E-state index is 12.1. The molecule has 0 N–H and O–H groups in total. The quantitative estimate of drug-likeness (QED) is 0.701. The number of likely N-dealkylation sites (tertiary alicyclic amines) is 1. The third kappa shape index (κ3) is 6.18. The highest BCUT2D eigenvalue weighted by atomic mass is 16.6. The number of hydrogen-bond donors (Lipinski definition) is 0. The van der Waals surface area contributed by atoms with Crippen LogP contribution in [0, 0.1) is 5.92 Å². The van der Waals surface area contributed by atoms with E-state index in [1.807, 2.05) is 25.7 Å². The van der Waals surface area contributed by atoms with E-state index in [1.165, 1.54) is 36.9 Å². The van der Waals surface area contributed by atoms with Crippen molar-refractivity contribution in [2.75, 3.05) is 13.1 Å². The van der Waals surface area contributed by atoms with Crippen molar-refractivity contribution in [3.05, 3.63) is 23.3 Å². The molecule has 1 aromatic rings. The van der Waals surface area contributed by atoms with Gasteiger partial charge in [0.1, 0.15) is 11.4 Å². The van der Waals surface area contributed by atoms with E-state index >= 15 is 0 Å². The number of aryl methyl sites for hydroxylation is 3. The summed E-state index contributed by atoms with van der Waals surface area (Å²) in [6.45, 7) is 7.42. The van der Waals surface area contributed by atoms with Crippen LogP contribution in [-0.2, 0) is 24.0 Å². The molecule has 0 spiro atoms. The molecule has 0 unspecified atom stereocenters. The maximum Gasteiger partial charge on any atom is 0.410 e. The number of carbonyl (C=O) groups excluding carboxylic acids is 1. The van der Waals surface area contributed by atoms with E-state index in [0.29, 0.717) is 0 Å². The number of rotatable bonds is 5. The predicted molar refractivity (Wildman–Crippen MR) is 107 cm³/mol. The van der Waals surface area contributed by atoms with Crippen molar-refractivity contribution in [1.82, 2.24) is 14.9 Å². The Kier molecular flexibility index (Phi) is 6.72. The first-order valence-electron chi connectivity index (χ1n) is 10.7. The number of carbonyl (C=O) groups is 1. The molecule has 27 heavy (non-hydrogen) atoms. The zero-order valence-corrected chi connectivity index (χ0v) is 17.3. The number of amides is 1. The second-order valence-electron chi connectivity index (χ2n) is 9.12. The third-order valence-electron chi connectivity index (χ3n) is 5.64. The van der Waals surface area contributed by atoms with E-state index in [4.69, 9.17) is 9.72 Å². The van der Waals surface area contributed by atoms with Gasteiger partial charge < -0.3 is 9.64 Å². The molecule has 0 atom stereocenters. The average molecular weight is 374 g/mol. The van der Waals surface area contributed by atoms with E-state index in [-0.39, 0.29) is 6.09 Å². The summed E-state index contributed by atoms with van der Waals surface area (Å²) in [4.78, 5) is 23.3. The maximum atomic E-state index is 12.1. The van der Waals surface area contributed by atoms with Crippen molar-refractivity contribution in [3.63, 3.8) is 0 Å². The molecular formula is C22H35N3O2. The van der Waals surface area contributed by atoms with Gasteiger partial charge in [0, 0.05) is 31.4 Å². The lowest BCUT2D eigenvalue weighted by Gasteiger charge is -2.33. The third-order valence-corrected chi connectivity index (χ3v) is 5.64. The van der Waals surface area contributed by atoms with Crippen LogP contribution in [0.1, 0.15) is 82.8 Å². The molecule has 3 rings (SSSR count). The Balaban J connectivity index is 1.33. The van der Waals surface area contributed by atoms with Crippen molar-refractivity contribution < 1.29 is 9.53 Å². The summed E-state index contributed by atoms with van der Waals surface area (Å²) in [5, 5.41) is 0. The number of piperidine rings is 1. The van der Waals surface area contributed by atoms with Crippen molar-refractivity contribution >= 4 is 6.09 Å². The summed E-state index contributed by atoms with van der Waals surface area (Å²) in [5.74, 6) is 1.75. The van der Waals surface area contributed by atoms with Crippen molar-refractivity contribution in [2.24, 2.45) is 5.92 Å². The van der Waals surface area contributed by atoms with Crippen LogP contribution in [-0.4, -0.2) is 39.7 Å². The molecule has 150 valence electrons. The number of nitrogens with zero attached hydrogens (tertiary/aromatic N) is 3. The van der Waals surface area contributed by atoms with Gasteiger partial charge in [-0.2, -0.15) is 0 Å². The Morgan fingerprint density at radius 2 is 1.93 bits per heavy atom.